The first-order chi connectivity index (χ1) is 13.5. The van der Waals surface area contributed by atoms with E-state index in [2.05, 4.69) is 5.32 Å². The summed E-state index contributed by atoms with van der Waals surface area (Å²) in [6.07, 6.45) is -0.183. The Morgan fingerprint density at radius 2 is 1.96 bits per heavy atom. The van der Waals surface area contributed by atoms with E-state index >= 15 is 0 Å². The molecule has 2 aromatic rings. The van der Waals surface area contributed by atoms with Gasteiger partial charge < -0.3 is 19.5 Å². The van der Waals surface area contributed by atoms with Crippen molar-refractivity contribution in [2.24, 2.45) is 0 Å². The van der Waals surface area contributed by atoms with Gasteiger partial charge in [0.1, 0.15) is 0 Å². The minimum Gasteiger partial charge on any atom is -0.493 e. The third-order valence-electron chi connectivity index (χ3n) is 3.77. The Hall–Kier alpha value is -3.53. The van der Waals surface area contributed by atoms with E-state index in [0.29, 0.717) is 29.4 Å². The molecular formula is C21H22N2O5. The van der Waals surface area contributed by atoms with Crippen molar-refractivity contribution in [2.75, 3.05) is 19.0 Å². The summed E-state index contributed by atoms with van der Waals surface area (Å²) in [6, 6.07) is 13.1. The Morgan fingerprint density at radius 1 is 1.18 bits per heavy atom. The van der Waals surface area contributed by atoms with E-state index < -0.39 is 18.0 Å². The topological polar surface area (TPSA) is 97.6 Å². The highest BCUT2D eigenvalue weighted by Crippen LogP contribution is 2.28. The number of carbonyl (C=O) groups excluding carboxylic acids is 2. The standard InChI is InChI=1S/C21H22N2O5/c1-4-10-27-18-9-8-16(12-19(18)26-3)21(25)28-14(2)20(24)23-17-7-5-6-15(11-17)13-22/h5-9,11-12,14H,4,10H2,1-3H3,(H,23,24)/t14-/m1/s1. The van der Waals surface area contributed by atoms with Gasteiger partial charge in [0.05, 0.1) is 30.9 Å². The molecule has 0 aliphatic carbocycles. The molecule has 0 saturated heterocycles. The van der Waals surface area contributed by atoms with Crippen molar-refractivity contribution in [3.8, 4) is 17.6 Å². The molecule has 1 amide bonds. The monoisotopic (exact) mass is 382 g/mol. The molecule has 0 unspecified atom stereocenters. The highest BCUT2D eigenvalue weighted by Gasteiger charge is 2.20. The van der Waals surface area contributed by atoms with Gasteiger partial charge in [0.2, 0.25) is 0 Å². The molecular weight excluding hydrogens is 360 g/mol. The molecule has 0 radical (unpaired) electrons. The minimum atomic E-state index is -1.03. The molecule has 0 aliphatic rings. The van der Waals surface area contributed by atoms with Crippen LogP contribution in [0.1, 0.15) is 36.2 Å². The number of hydrogen-bond acceptors (Lipinski definition) is 6. The number of benzene rings is 2. The lowest BCUT2D eigenvalue weighted by Crippen LogP contribution is -2.30. The third-order valence-corrected chi connectivity index (χ3v) is 3.77. The minimum absolute atomic E-state index is 0.242. The van der Waals surface area contributed by atoms with Crippen LogP contribution in [0, 0.1) is 11.3 Å². The van der Waals surface area contributed by atoms with Crippen molar-refractivity contribution in [3.05, 3.63) is 53.6 Å². The van der Waals surface area contributed by atoms with Gasteiger partial charge >= 0.3 is 5.97 Å². The molecule has 146 valence electrons. The zero-order chi connectivity index (χ0) is 20.5. The van der Waals surface area contributed by atoms with Crippen molar-refractivity contribution >= 4 is 17.6 Å². The molecule has 28 heavy (non-hydrogen) atoms. The smallest absolute Gasteiger partial charge is 0.339 e. The second-order valence-electron chi connectivity index (χ2n) is 5.94. The second kappa shape index (κ2) is 9.97. The molecule has 0 aromatic heterocycles. The van der Waals surface area contributed by atoms with Crippen LogP contribution in [0.25, 0.3) is 0 Å². The van der Waals surface area contributed by atoms with Gasteiger partial charge in [-0.15, -0.1) is 0 Å². The number of nitrogens with zero attached hydrogens (tertiary/aromatic N) is 1. The number of anilines is 1. The molecule has 1 N–H and O–H groups in total. The van der Waals surface area contributed by atoms with E-state index in [4.69, 9.17) is 19.5 Å². The van der Waals surface area contributed by atoms with Gasteiger partial charge in [0.25, 0.3) is 5.91 Å². The molecule has 0 heterocycles. The van der Waals surface area contributed by atoms with Crippen molar-refractivity contribution < 1.29 is 23.8 Å². The SMILES string of the molecule is CCCOc1ccc(C(=O)O[C@H](C)C(=O)Nc2cccc(C#N)c2)cc1OC. The molecule has 0 saturated carbocycles. The fraction of sp³-hybridized carbons (Fsp3) is 0.286. The van der Waals surface area contributed by atoms with E-state index in [9.17, 15) is 9.59 Å². The Kier molecular flexibility index (Phi) is 7.40. The lowest BCUT2D eigenvalue weighted by molar-refractivity contribution is -0.123. The fourth-order valence-corrected chi connectivity index (χ4v) is 2.32. The lowest BCUT2D eigenvalue weighted by atomic mass is 10.2. The molecule has 2 rings (SSSR count). The number of nitrogens with one attached hydrogen (secondary N) is 1. The molecule has 0 aliphatic heterocycles. The zero-order valence-corrected chi connectivity index (χ0v) is 16.0. The number of methoxy groups -OCH3 is 1. The fourth-order valence-electron chi connectivity index (χ4n) is 2.32. The summed E-state index contributed by atoms with van der Waals surface area (Å²) in [7, 11) is 1.48. The molecule has 7 heteroatoms. The molecule has 0 fully saturated rings. The number of esters is 1. The third kappa shape index (κ3) is 5.48. The normalized spacial score (nSPS) is 11.1. The van der Waals surface area contributed by atoms with Crippen molar-refractivity contribution in [3.63, 3.8) is 0 Å². The van der Waals surface area contributed by atoms with Gasteiger partial charge in [-0.25, -0.2) is 4.79 Å². The highest BCUT2D eigenvalue weighted by atomic mass is 16.5. The van der Waals surface area contributed by atoms with Crippen LogP contribution in [0.2, 0.25) is 0 Å². The van der Waals surface area contributed by atoms with Crippen molar-refractivity contribution in [1.82, 2.24) is 0 Å². The van der Waals surface area contributed by atoms with E-state index in [1.807, 2.05) is 13.0 Å². The van der Waals surface area contributed by atoms with Crippen molar-refractivity contribution in [1.29, 1.82) is 5.26 Å². The zero-order valence-electron chi connectivity index (χ0n) is 16.0. The van der Waals surface area contributed by atoms with Crippen LogP contribution in [-0.4, -0.2) is 31.7 Å². The van der Waals surface area contributed by atoms with Gasteiger partial charge in [-0.2, -0.15) is 5.26 Å². The van der Waals surface area contributed by atoms with Crippen LogP contribution < -0.4 is 14.8 Å². The first kappa shape index (κ1) is 20.8. The van der Waals surface area contributed by atoms with E-state index in [1.54, 1.807) is 30.3 Å². The van der Waals surface area contributed by atoms with E-state index in [-0.39, 0.29) is 5.56 Å². The Bertz CT molecular complexity index is 889. The number of hydrogen-bond donors (Lipinski definition) is 1. The second-order valence-corrected chi connectivity index (χ2v) is 5.94. The lowest BCUT2D eigenvalue weighted by Gasteiger charge is -2.15. The number of carbonyl (C=O) groups is 2. The predicted molar refractivity (Wildman–Crippen MR) is 103 cm³/mol. The van der Waals surface area contributed by atoms with Crippen LogP contribution in [0.3, 0.4) is 0 Å². The van der Waals surface area contributed by atoms with Crippen LogP contribution in [-0.2, 0) is 9.53 Å². The molecule has 0 spiro atoms. The molecule has 0 bridgehead atoms. The van der Waals surface area contributed by atoms with E-state index in [1.165, 1.54) is 26.2 Å². The van der Waals surface area contributed by atoms with Crippen molar-refractivity contribution in [2.45, 2.75) is 26.4 Å². The summed E-state index contributed by atoms with van der Waals surface area (Å²) in [5.41, 5.74) is 1.11. The van der Waals surface area contributed by atoms with Crippen LogP contribution in [0.4, 0.5) is 5.69 Å². The quantitative estimate of drug-likeness (QED) is 0.701. The van der Waals surface area contributed by atoms with Crippen LogP contribution in [0.15, 0.2) is 42.5 Å². The summed E-state index contributed by atoms with van der Waals surface area (Å²) in [5.74, 6) is -0.218. The Labute approximate surface area is 163 Å². The first-order valence-corrected chi connectivity index (χ1v) is 8.81. The predicted octanol–water partition coefficient (Wildman–Crippen LogP) is 3.54. The summed E-state index contributed by atoms with van der Waals surface area (Å²) in [6.45, 7) is 3.99. The average Bonchev–Trinajstić information content (AvgIpc) is 2.71. The summed E-state index contributed by atoms with van der Waals surface area (Å²) in [5, 5.41) is 11.5. The summed E-state index contributed by atoms with van der Waals surface area (Å²) < 4.78 is 16.0. The van der Waals surface area contributed by atoms with Gasteiger partial charge in [0.15, 0.2) is 17.6 Å². The Morgan fingerprint density at radius 3 is 2.64 bits per heavy atom. The maximum Gasteiger partial charge on any atom is 0.339 e. The first-order valence-electron chi connectivity index (χ1n) is 8.81. The van der Waals surface area contributed by atoms with E-state index in [0.717, 1.165) is 6.42 Å². The number of amides is 1. The van der Waals surface area contributed by atoms with Gasteiger partial charge in [0, 0.05) is 5.69 Å². The summed E-state index contributed by atoms with van der Waals surface area (Å²) in [4.78, 5) is 24.6. The van der Waals surface area contributed by atoms with Crippen LogP contribution in [0.5, 0.6) is 11.5 Å². The maximum atomic E-state index is 12.4. The Balaban J connectivity index is 2.02. The highest BCUT2D eigenvalue weighted by molar-refractivity contribution is 5.97. The average molecular weight is 382 g/mol. The van der Waals surface area contributed by atoms with Crippen LogP contribution >= 0.6 is 0 Å². The number of ether oxygens (including phenoxy) is 3. The number of rotatable bonds is 8. The maximum absolute atomic E-state index is 12.4. The number of nitriles is 1. The summed E-state index contributed by atoms with van der Waals surface area (Å²) >= 11 is 0. The molecule has 7 nitrogen and oxygen atoms in total. The largest absolute Gasteiger partial charge is 0.493 e. The molecule has 2 aromatic carbocycles. The van der Waals surface area contributed by atoms with Gasteiger partial charge in [-0.1, -0.05) is 13.0 Å². The molecule has 1 atom stereocenters. The van der Waals surface area contributed by atoms with Gasteiger partial charge in [-0.05, 0) is 49.7 Å². The van der Waals surface area contributed by atoms with Gasteiger partial charge in [-0.3, -0.25) is 4.79 Å².